The molecule has 0 unspecified atom stereocenters. The van der Waals surface area contributed by atoms with Gasteiger partial charge in [0.15, 0.2) is 6.61 Å². The second-order valence-corrected chi connectivity index (χ2v) is 6.77. The van der Waals surface area contributed by atoms with E-state index in [4.69, 9.17) is 21.1 Å². The molecule has 0 saturated heterocycles. The lowest BCUT2D eigenvalue weighted by Gasteiger charge is -2.08. The van der Waals surface area contributed by atoms with E-state index in [1.165, 1.54) is 0 Å². The van der Waals surface area contributed by atoms with Gasteiger partial charge in [0.2, 0.25) is 0 Å². The van der Waals surface area contributed by atoms with Crippen LogP contribution in [0.2, 0.25) is 5.02 Å². The Kier molecular flexibility index (Phi) is 7.25. The van der Waals surface area contributed by atoms with E-state index in [1.807, 2.05) is 61.5 Å². The summed E-state index contributed by atoms with van der Waals surface area (Å²) in [5, 5.41) is 4.57. The molecule has 148 valence electrons. The predicted molar refractivity (Wildman–Crippen MR) is 115 cm³/mol. The molecule has 0 aliphatic carbocycles. The van der Waals surface area contributed by atoms with E-state index in [2.05, 4.69) is 10.5 Å². The molecule has 0 aliphatic rings. The van der Waals surface area contributed by atoms with Crippen LogP contribution in [0, 0.1) is 6.92 Å². The molecule has 0 radical (unpaired) electrons. The highest BCUT2D eigenvalue weighted by molar-refractivity contribution is 6.30. The summed E-state index contributed by atoms with van der Waals surface area (Å²) in [7, 11) is 0. The average molecular weight is 409 g/mol. The second kappa shape index (κ2) is 10.3. The molecule has 6 heteroatoms. The molecule has 0 spiro atoms. The fourth-order valence-corrected chi connectivity index (χ4v) is 2.75. The number of rotatable bonds is 8. The van der Waals surface area contributed by atoms with Crippen LogP contribution >= 0.6 is 11.6 Å². The number of hydrogen-bond acceptors (Lipinski definition) is 4. The normalized spacial score (nSPS) is 10.7. The third-order valence-corrected chi connectivity index (χ3v) is 4.26. The lowest BCUT2D eigenvalue weighted by atomic mass is 10.2. The SMILES string of the molecule is Cc1cc(Cl)ccc1OCC(=O)NN=Cc1ccc(OCc2ccccc2)cc1. The van der Waals surface area contributed by atoms with Gasteiger partial charge in [-0.1, -0.05) is 41.9 Å². The van der Waals surface area contributed by atoms with Crippen LogP contribution in [0.4, 0.5) is 0 Å². The Balaban J connectivity index is 1.43. The Labute approximate surface area is 174 Å². The van der Waals surface area contributed by atoms with Gasteiger partial charge in [0, 0.05) is 5.02 Å². The van der Waals surface area contributed by atoms with Gasteiger partial charge in [-0.2, -0.15) is 5.10 Å². The number of ether oxygens (including phenoxy) is 2. The summed E-state index contributed by atoms with van der Waals surface area (Å²) in [6, 6.07) is 22.6. The van der Waals surface area contributed by atoms with E-state index in [0.717, 1.165) is 22.4 Å². The summed E-state index contributed by atoms with van der Waals surface area (Å²) in [5.74, 6) is 1.03. The minimum absolute atomic E-state index is 0.133. The molecule has 0 aliphatic heterocycles. The van der Waals surface area contributed by atoms with Crippen molar-refractivity contribution in [3.05, 3.63) is 94.5 Å². The molecular weight excluding hydrogens is 388 g/mol. The fourth-order valence-electron chi connectivity index (χ4n) is 2.52. The number of benzene rings is 3. The average Bonchev–Trinajstić information content (AvgIpc) is 2.73. The summed E-state index contributed by atoms with van der Waals surface area (Å²) >= 11 is 5.90. The van der Waals surface area contributed by atoms with E-state index in [1.54, 1.807) is 24.4 Å². The Hall–Kier alpha value is -3.31. The first-order chi connectivity index (χ1) is 14.1. The molecule has 3 aromatic rings. The zero-order valence-electron chi connectivity index (χ0n) is 16.0. The maximum Gasteiger partial charge on any atom is 0.277 e. The number of amides is 1. The van der Waals surface area contributed by atoms with Gasteiger partial charge in [-0.05, 0) is 66.1 Å². The third-order valence-electron chi connectivity index (χ3n) is 4.03. The summed E-state index contributed by atoms with van der Waals surface area (Å²) < 4.78 is 11.2. The fraction of sp³-hybridized carbons (Fsp3) is 0.130. The molecule has 3 aromatic carbocycles. The summed E-state index contributed by atoms with van der Waals surface area (Å²) in [6.07, 6.45) is 1.56. The molecule has 0 saturated carbocycles. The Morgan fingerprint density at radius 2 is 1.79 bits per heavy atom. The number of aryl methyl sites for hydroxylation is 1. The van der Waals surface area contributed by atoms with Crippen LogP contribution in [-0.4, -0.2) is 18.7 Å². The largest absolute Gasteiger partial charge is 0.489 e. The van der Waals surface area contributed by atoms with E-state index in [9.17, 15) is 4.79 Å². The number of halogens is 1. The molecule has 3 rings (SSSR count). The highest BCUT2D eigenvalue weighted by atomic mass is 35.5. The first-order valence-corrected chi connectivity index (χ1v) is 9.45. The van der Waals surface area contributed by atoms with Crippen LogP contribution in [0.25, 0.3) is 0 Å². The third kappa shape index (κ3) is 6.66. The van der Waals surface area contributed by atoms with Crippen molar-refractivity contribution in [3.8, 4) is 11.5 Å². The minimum Gasteiger partial charge on any atom is -0.489 e. The van der Waals surface area contributed by atoms with E-state index in [-0.39, 0.29) is 12.5 Å². The standard InChI is InChI=1S/C23H21ClN2O3/c1-17-13-20(24)9-12-22(17)29-16-23(27)26-25-14-18-7-10-21(11-8-18)28-15-19-5-3-2-4-6-19/h2-14H,15-16H2,1H3,(H,26,27). The van der Waals surface area contributed by atoms with Crippen LogP contribution in [0.5, 0.6) is 11.5 Å². The van der Waals surface area contributed by atoms with Gasteiger partial charge in [-0.25, -0.2) is 5.43 Å². The van der Waals surface area contributed by atoms with Gasteiger partial charge < -0.3 is 9.47 Å². The molecule has 0 atom stereocenters. The Morgan fingerprint density at radius 1 is 1.03 bits per heavy atom. The summed E-state index contributed by atoms with van der Waals surface area (Å²) in [5.41, 5.74) is 5.25. The van der Waals surface area contributed by atoms with Crippen molar-refractivity contribution in [2.45, 2.75) is 13.5 Å². The van der Waals surface area contributed by atoms with Gasteiger partial charge in [0.1, 0.15) is 18.1 Å². The number of hydrazone groups is 1. The Bertz CT molecular complexity index is 973. The van der Waals surface area contributed by atoms with Crippen molar-refractivity contribution in [2.24, 2.45) is 5.10 Å². The number of hydrogen-bond donors (Lipinski definition) is 1. The topological polar surface area (TPSA) is 59.9 Å². The quantitative estimate of drug-likeness (QED) is 0.432. The minimum atomic E-state index is -0.349. The highest BCUT2D eigenvalue weighted by Gasteiger charge is 2.04. The van der Waals surface area contributed by atoms with Crippen LogP contribution in [0.15, 0.2) is 77.9 Å². The van der Waals surface area contributed by atoms with Crippen molar-refractivity contribution in [2.75, 3.05) is 6.61 Å². The van der Waals surface area contributed by atoms with Crippen LogP contribution in [0.3, 0.4) is 0 Å². The first kappa shape index (κ1) is 20.4. The van der Waals surface area contributed by atoms with Crippen molar-refractivity contribution in [3.63, 3.8) is 0 Å². The maximum absolute atomic E-state index is 11.9. The Morgan fingerprint density at radius 3 is 2.52 bits per heavy atom. The first-order valence-electron chi connectivity index (χ1n) is 9.08. The van der Waals surface area contributed by atoms with E-state index < -0.39 is 0 Å². The lowest BCUT2D eigenvalue weighted by Crippen LogP contribution is -2.24. The van der Waals surface area contributed by atoms with Crippen molar-refractivity contribution in [1.82, 2.24) is 5.43 Å². The molecular formula is C23H21ClN2O3. The molecule has 1 N–H and O–H groups in total. The molecule has 29 heavy (non-hydrogen) atoms. The highest BCUT2D eigenvalue weighted by Crippen LogP contribution is 2.21. The van der Waals surface area contributed by atoms with Crippen LogP contribution in [0.1, 0.15) is 16.7 Å². The van der Waals surface area contributed by atoms with Crippen molar-refractivity contribution < 1.29 is 14.3 Å². The number of carbonyl (C=O) groups is 1. The van der Waals surface area contributed by atoms with Crippen molar-refractivity contribution in [1.29, 1.82) is 0 Å². The summed E-state index contributed by atoms with van der Waals surface area (Å²) in [6.45, 7) is 2.24. The smallest absolute Gasteiger partial charge is 0.277 e. The molecule has 0 bridgehead atoms. The summed E-state index contributed by atoms with van der Waals surface area (Å²) in [4.78, 5) is 11.9. The van der Waals surface area contributed by atoms with E-state index in [0.29, 0.717) is 17.4 Å². The molecule has 5 nitrogen and oxygen atoms in total. The predicted octanol–water partition coefficient (Wildman–Crippen LogP) is 4.76. The zero-order chi connectivity index (χ0) is 20.5. The van der Waals surface area contributed by atoms with Crippen molar-refractivity contribution >= 4 is 23.7 Å². The monoisotopic (exact) mass is 408 g/mol. The zero-order valence-corrected chi connectivity index (χ0v) is 16.7. The molecule has 1 amide bonds. The van der Waals surface area contributed by atoms with E-state index >= 15 is 0 Å². The van der Waals surface area contributed by atoms with Gasteiger partial charge >= 0.3 is 0 Å². The van der Waals surface area contributed by atoms with Gasteiger partial charge in [0.05, 0.1) is 6.21 Å². The maximum atomic E-state index is 11.9. The number of nitrogens with zero attached hydrogens (tertiary/aromatic N) is 1. The van der Waals surface area contributed by atoms with Gasteiger partial charge in [-0.3, -0.25) is 4.79 Å². The second-order valence-electron chi connectivity index (χ2n) is 6.33. The number of carbonyl (C=O) groups excluding carboxylic acids is 1. The molecule has 0 heterocycles. The lowest BCUT2D eigenvalue weighted by molar-refractivity contribution is -0.123. The van der Waals surface area contributed by atoms with Gasteiger partial charge in [0.25, 0.3) is 5.91 Å². The molecule has 0 fully saturated rings. The van der Waals surface area contributed by atoms with Crippen LogP contribution in [-0.2, 0) is 11.4 Å². The molecule has 0 aromatic heterocycles. The number of nitrogens with one attached hydrogen (secondary N) is 1. The van der Waals surface area contributed by atoms with Gasteiger partial charge in [-0.15, -0.1) is 0 Å². The van der Waals surface area contributed by atoms with Crippen LogP contribution < -0.4 is 14.9 Å².